The summed E-state index contributed by atoms with van der Waals surface area (Å²) in [5.41, 5.74) is 8.25. The Labute approximate surface area is 231 Å². The van der Waals surface area contributed by atoms with E-state index in [0.717, 1.165) is 11.1 Å². The van der Waals surface area contributed by atoms with Crippen molar-refractivity contribution < 1.29 is 0 Å². The van der Waals surface area contributed by atoms with E-state index in [1.807, 2.05) is 13.8 Å². The molecule has 0 aliphatic carbocycles. The van der Waals surface area contributed by atoms with Gasteiger partial charge >= 0.3 is 0 Å². The summed E-state index contributed by atoms with van der Waals surface area (Å²) in [5, 5.41) is 14.9. The molecule has 1 heteroatoms. The first kappa shape index (κ1) is 25.9. The summed E-state index contributed by atoms with van der Waals surface area (Å²) in [5.74, 6) is 0. The molecule has 0 saturated heterocycles. The Balaban J connectivity index is 0.00000151. The minimum Gasteiger partial charge on any atom is -0.309 e. The first-order valence-electron chi connectivity index (χ1n) is 13.6. The van der Waals surface area contributed by atoms with Gasteiger partial charge in [0.05, 0.1) is 0 Å². The zero-order valence-corrected chi connectivity index (χ0v) is 22.8. The van der Waals surface area contributed by atoms with Gasteiger partial charge in [-0.1, -0.05) is 129 Å². The lowest BCUT2D eigenvalue weighted by Crippen LogP contribution is -1.91. The lowest BCUT2D eigenvalue weighted by atomic mass is 9.85. The average Bonchev–Trinajstić information content (AvgIpc) is 2.99. The quantitative estimate of drug-likeness (QED) is 0.137. The van der Waals surface area contributed by atoms with Gasteiger partial charge in [-0.25, -0.2) is 0 Å². The highest BCUT2D eigenvalue weighted by atomic mass is 14.3. The summed E-state index contributed by atoms with van der Waals surface area (Å²) in [6.45, 7) is 10.1. The Hall–Kier alpha value is -4.75. The molecular weight excluding hydrogens is 470 g/mol. The SMILES string of the molecule is C=C/C(=C\C=N)c1ccc2ccc(-c3c4ccccc4c(-c4ccc(C)cc4)c4ccccc34)cc2c1.CC. The van der Waals surface area contributed by atoms with Crippen LogP contribution in [0.25, 0.3) is 60.1 Å². The monoisotopic (exact) mass is 503 g/mol. The van der Waals surface area contributed by atoms with Crippen molar-refractivity contribution in [3.63, 3.8) is 0 Å². The first-order chi connectivity index (χ1) is 19.2. The molecule has 0 heterocycles. The van der Waals surface area contributed by atoms with Crippen molar-refractivity contribution in [2.45, 2.75) is 20.8 Å². The zero-order chi connectivity index (χ0) is 27.4. The predicted molar refractivity (Wildman–Crippen MR) is 173 cm³/mol. The third-order valence-electron chi connectivity index (χ3n) is 7.22. The van der Waals surface area contributed by atoms with Crippen LogP contribution in [0.1, 0.15) is 25.0 Å². The molecule has 190 valence electrons. The Morgan fingerprint density at radius 2 is 1.13 bits per heavy atom. The molecule has 6 aromatic rings. The van der Waals surface area contributed by atoms with Gasteiger partial charge in [0, 0.05) is 6.21 Å². The highest BCUT2D eigenvalue weighted by molar-refractivity contribution is 6.21. The molecule has 1 nitrogen and oxygen atoms in total. The Morgan fingerprint density at radius 3 is 1.67 bits per heavy atom. The number of aryl methyl sites for hydroxylation is 1. The van der Waals surface area contributed by atoms with Crippen molar-refractivity contribution in [1.82, 2.24) is 0 Å². The minimum atomic E-state index is 0.945. The maximum absolute atomic E-state index is 7.49. The van der Waals surface area contributed by atoms with E-state index < -0.39 is 0 Å². The second-order valence-electron chi connectivity index (χ2n) is 9.48. The van der Waals surface area contributed by atoms with Crippen LogP contribution in [-0.2, 0) is 0 Å². The second-order valence-corrected chi connectivity index (χ2v) is 9.48. The predicted octanol–water partition coefficient (Wildman–Crippen LogP) is 11.0. The molecule has 0 aromatic heterocycles. The summed E-state index contributed by atoms with van der Waals surface area (Å²) in [4.78, 5) is 0. The fraction of sp³-hybridized carbons (Fsp3) is 0.0789. The largest absolute Gasteiger partial charge is 0.309 e. The minimum absolute atomic E-state index is 0.945. The van der Waals surface area contributed by atoms with Gasteiger partial charge in [0.2, 0.25) is 0 Å². The second kappa shape index (κ2) is 11.3. The highest BCUT2D eigenvalue weighted by Crippen LogP contribution is 2.44. The van der Waals surface area contributed by atoms with Crippen molar-refractivity contribution in [2.24, 2.45) is 0 Å². The molecule has 0 atom stereocenters. The topological polar surface area (TPSA) is 23.9 Å². The molecule has 0 spiro atoms. The summed E-state index contributed by atoms with van der Waals surface area (Å²) >= 11 is 0. The molecule has 0 unspecified atom stereocenters. The Kier molecular flexibility index (Phi) is 7.52. The average molecular weight is 504 g/mol. The van der Waals surface area contributed by atoms with E-state index in [1.54, 1.807) is 12.2 Å². The fourth-order valence-corrected chi connectivity index (χ4v) is 5.42. The number of hydrogen-bond donors (Lipinski definition) is 1. The normalized spacial score (nSPS) is 11.3. The summed E-state index contributed by atoms with van der Waals surface area (Å²) in [6.07, 6.45) is 4.90. The molecule has 0 radical (unpaired) electrons. The molecule has 0 aliphatic heterocycles. The van der Waals surface area contributed by atoms with E-state index >= 15 is 0 Å². The van der Waals surface area contributed by atoms with Crippen LogP contribution in [0.4, 0.5) is 0 Å². The van der Waals surface area contributed by atoms with Crippen LogP contribution in [0.2, 0.25) is 0 Å². The van der Waals surface area contributed by atoms with E-state index in [0.29, 0.717) is 0 Å². The molecule has 6 rings (SSSR count). The van der Waals surface area contributed by atoms with Crippen LogP contribution < -0.4 is 0 Å². The number of fused-ring (bicyclic) bond motifs is 3. The molecule has 0 fully saturated rings. The molecule has 0 aliphatic rings. The van der Waals surface area contributed by atoms with E-state index in [9.17, 15) is 0 Å². The van der Waals surface area contributed by atoms with E-state index in [4.69, 9.17) is 5.41 Å². The van der Waals surface area contributed by atoms with Gasteiger partial charge in [-0.15, -0.1) is 0 Å². The summed E-state index contributed by atoms with van der Waals surface area (Å²) < 4.78 is 0. The van der Waals surface area contributed by atoms with Crippen LogP contribution in [0.3, 0.4) is 0 Å². The molecule has 0 saturated carbocycles. The maximum Gasteiger partial charge on any atom is 0.0183 e. The van der Waals surface area contributed by atoms with Crippen molar-refractivity contribution >= 4 is 44.1 Å². The summed E-state index contributed by atoms with van der Waals surface area (Å²) in [6, 6.07) is 39.6. The maximum atomic E-state index is 7.49. The lowest BCUT2D eigenvalue weighted by molar-refractivity contribution is 1.47. The zero-order valence-electron chi connectivity index (χ0n) is 22.8. The number of hydrogen-bond acceptors (Lipinski definition) is 1. The standard InChI is InChI=1S/C36H27N.C2H6/c1-3-25(20-21-37)28-18-16-26-17-19-29(23-30(26)22-28)36-33-10-6-4-8-31(33)35(27-14-12-24(2)13-15-27)32-9-5-7-11-34(32)36;1-2/h3-23,37H,1H2,2H3;1-2H3/b25-20+,37-21?;. The third-order valence-corrected chi connectivity index (χ3v) is 7.22. The van der Waals surface area contributed by atoms with Crippen molar-refractivity contribution in [3.8, 4) is 22.3 Å². The van der Waals surface area contributed by atoms with Gasteiger partial charge < -0.3 is 5.41 Å². The van der Waals surface area contributed by atoms with E-state index in [-0.39, 0.29) is 0 Å². The van der Waals surface area contributed by atoms with Crippen LogP contribution >= 0.6 is 0 Å². The Morgan fingerprint density at radius 1 is 0.615 bits per heavy atom. The highest BCUT2D eigenvalue weighted by Gasteiger charge is 2.16. The molecular formula is C38H33N. The van der Waals surface area contributed by atoms with Gasteiger partial charge in [0.1, 0.15) is 0 Å². The van der Waals surface area contributed by atoms with Gasteiger partial charge in [-0.3, -0.25) is 0 Å². The van der Waals surface area contributed by atoms with Gasteiger partial charge in [0.25, 0.3) is 0 Å². The van der Waals surface area contributed by atoms with Crippen molar-refractivity contribution in [2.75, 3.05) is 0 Å². The van der Waals surface area contributed by atoms with Gasteiger partial charge in [-0.2, -0.15) is 0 Å². The lowest BCUT2D eigenvalue weighted by Gasteiger charge is -2.18. The van der Waals surface area contributed by atoms with E-state index in [1.165, 1.54) is 66.3 Å². The van der Waals surface area contributed by atoms with Crippen LogP contribution in [0.5, 0.6) is 0 Å². The van der Waals surface area contributed by atoms with Crippen molar-refractivity contribution in [3.05, 3.63) is 139 Å². The third kappa shape index (κ3) is 4.80. The number of allylic oxidation sites excluding steroid dienone is 3. The van der Waals surface area contributed by atoms with Gasteiger partial charge in [-0.05, 0) is 90.8 Å². The fourth-order valence-electron chi connectivity index (χ4n) is 5.42. The molecule has 0 bridgehead atoms. The number of benzene rings is 6. The van der Waals surface area contributed by atoms with Crippen LogP contribution in [0.15, 0.2) is 128 Å². The van der Waals surface area contributed by atoms with Crippen molar-refractivity contribution in [1.29, 1.82) is 5.41 Å². The molecule has 0 amide bonds. The first-order valence-corrected chi connectivity index (χ1v) is 13.6. The smallest absolute Gasteiger partial charge is 0.0183 e. The van der Waals surface area contributed by atoms with Crippen LogP contribution in [-0.4, -0.2) is 6.21 Å². The van der Waals surface area contributed by atoms with E-state index in [2.05, 4.69) is 123 Å². The summed E-state index contributed by atoms with van der Waals surface area (Å²) in [7, 11) is 0. The molecule has 39 heavy (non-hydrogen) atoms. The number of nitrogens with one attached hydrogen (secondary N) is 1. The van der Waals surface area contributed by atoms with Gasteiger partial charge in [0.15, 0.2) is 0 Å². The van der Waals surface area contributed by atoms with Crippen LogP contribution in [0, 0.1) is 12.3 Å². The number of rotatable bonds is 5. The Bertz CT molecular complexity index is 1800. The molecule has 1 N–H and O–H groups in total. The molecule has 6 aromatic carbocycles.